The van der Waals surface area contributed by atoms with Crippen molar-refractivity contribution in [2.45, 2.75) is 38.6 Å². The van der Waals surface area contributed by atoms with E-state index in [0.717, 1.165) is 25.7 Å². The van der Waals surface area contributed by atoms with Crippen LogP contribution in [0.3, 0.4) is 0 Å². The van der Waals surface area contributed by atoms with E-state index >= 15 is 0 Å². The fourth-order valence-electron chi connectivity index (χ4n) is 2.65. The van der Waals surface area contributed by atoms with Crippen LogP contribution in [0.4, 0.5) is 0 Å². The fraction of sp³-hybridized carbons (Fsp3) is 0.467. The normalized spacial score (nSPS) is 15.2. The molecule has 1 aliphatic rings. The zero-order chi connectivity index (χ0) is 13.8. The molecule has 1 fully saturated rings. The van der Waals surface area contributed by atoms with Gasteiger partial charge in [0.2, 0.25) is 0 Å². The highest BCUT2D eigenvalue weighted by molar-refractivity contribution is 5.97. The Labute approximate surface area is 113 Å². The lowest BCUT2D eigenvalue weighted by Gasteiger charge is -2.26. The minimum atomic E-state index is -0.241. The molecule has 1 aliphatic carbocycles. The average molecular weight is 258 g/mol. The molecular formula is C15H18N2O2. The van der Waals surface area contributed by atoms with Gasteiger partial charge in [0.25, 0.3) is 5.91 Å². The summed E-state index contributed by atoms with van der Waals surface area (Å²) in [4.78, 5) is 14.1. The molecule has 0 atom stereocenters. The number of phenols is 1. The van der Waals surface area contributed by atoms with E-state index in [0.29, 0.717) is 11.1 Å². The molecule has 4 nitrogen and oxygen atoms in total. The lowest BCUT2D eigenvalue weighted by Crippen LogP contribution is -2.39. The fourth-order valence-corrected chi connectivity index (χ4v) is 2.65. The van der Waals surface area contributed by atoms with Gasteiger partial charge in [-0.05, 0) is 31.4 Å². The van der Waals surface area contributed by atoms with E-state index < -0.39 is 0 Å². The van der Waals surface area contributed by atoms with Gasteiger partial charge in [-0.15, -0.1) is 0 Å². The molecule has 1 amide bonds. The molecule has 1 N–H and O–H groups in total. The summed E-state index contributed by atoms with van der Waals surface area (Å²) in [5, 5.41) is 18.9. The van der Waals surface area contributed by atoms with Crippen molar-refractivity contribution in [1.29, 1.82) is 5.26 Å². The SMILES string of the molecule is Cc1cccc(C(=O)N(CC#N)C2CCCC2)c1O. The van der Waals surface area contributed by atoms with E-state index in [1.54, 1.807) is 30.0 Å². The van der Waals surface area contributed by atoms with E-state index in [1.165, 1.54) is 0 Å². The largest absolute Gasteiger partial charge is 0.507 e. The van der Waals surface area contributed by atoms with Crippen LogP contribution >= 0.6 is 0 Å². The second-order valence-corrected chi connectivity index (χ2v) is 5.00. The van der Waals surface area contributed by atoms with E-state index in [-0.39, 0.29) is 24.2 Å². The van der Waals surface area contributed by atoms with Gasteiger partial charge in [0.05, 0.1) is 11.6 Å². The van der Waals surface area contributed by atoms with Crippen molar-refractivity contribution in [1.82, 2.24) is 4.90 Å². The first-order chi connectivity index (χ1) is 9.15. The van der Waals surface area contributed by atoms with Crippen LogP contribution in [0.25, 0.3) is 0 Å². The second-order valence-electron chi connectivity index (χ2n) is 5.00. The molecule has 0 unspecified atom stereocenters. The first-order valence-corrected chi connectivity index (χ1v) is 6.61. The van der Waals surface area contributed by atoms with E-state index in [1.807, 2.05) is 0 Å². The maximum atomic E-state index is 12.5. The summed E-state index contributed by atoms with van der Waals surface area (Å²) >= 11 is 0. The van der Waals surface area contributed by atoms with Crippen molar-refractivity contribution in [2.75, 3.05) is 6.54 Å². The molecule has 1 aromatic rings. The van der Waals surface area contributed by atoms with Crippen LogP contribution in [0.1, 0.15) is 41.6 Å². The number of benzene rings is 1. The van der Waals surface area contributed by atoms with Gasteiger partial charge in [0, 0.05) is 6.04 Å². The van der Waals surface area contributed by atoms with Crippen molar-refractivity contribution >= 4 is 5.91 Å². The van der Waals surface area contributed by atoms with Gasteiger partial charge in [-0.2, -0.15) is 5.26 Å². The highest BCUT2D eigenvalue weighted by atomic mass is 16.3. The number of para-hydroxylation sites is 1. The molecule has 1 aromatic carbocycles. The van der Waals surface area contributed by atoms with E-state index in [2.05, 4.69) is 6.07 Å². The first kappa shape index (κ1) is 13.4. The van der Waals surface area contributed by atoms with Crippen LogP contribution in [0.2, 0.25) is 0 Å². The van der Waals surface area contributed by atoms with Crippen LogP contribution in [0, 0.1) is 18.3 Å². The van der Waals surface area contributed by atoms with Gasteiger partial charge >= 0.3 is 0 Å². The topological polar surface area (TPSA) is 64.3 Å². The van der Waals surface area contributed by atoms with E-state index in [9.17, 15) is 9.90 Å². The molecule has 4 heteroatoms. The average Bonchev–Trinajstić information content (AvgIpc) is 2.92. The smallest absolute Gasteiger partial charge is 0.258 e. The number of rotatable bonds is 3. The van der Waals surface area contributed by atoms with Gasteiger partial charge in [0.1, 0.15) is 12.3 Å². The summed E-state index contributed by atoms with van der Waals surface area (Å²) in [6.07, 6.45) is 4.08. The minimum absolute atomic E-state index is 0.0217. The Morgan fingerprint density at radius 3 is 2.79 bits per heavy atom. The first-order valence-electron chi connectivity index (χ1n) is 6.61. The Kier molecular flexibility index (Phi) is 4.06. The number of carbonyl (C=O) groups is 1. The summed E-state index contributed by atoms with van der Waals surface area (Å²) < 4.78 is 0. The van der Waals surface area contributed by atoms with Crippen LogP contribution in [0.15, 0.2) is 18.2 Å². The number of nitriles is 1. The highest BCUT2D eigenvalue weighted by Crippen LogP contribution is 2.28. The molecule has 100 valence electrons. The molecule has 19 heavy (non-hydrogen) atoms. The van der Waals surface area contributed by atoms with Crippen LogP contribution in [-0.4, -0.2) is 28.5 Å². The molecule has 0 aliphatic heterocycles. The number of nitrogens with zero attached hydrogens (tertiary/aromatic N) is 2. The lowest BCUT2D eigenvalue weighted by atomic mass is 10.1. The third kappa shape index (κ3) is 2.70. The maximum Gasteiger partial charge on any atom is 0.258 e. The van der Waals surface area contributed by atoms with Crippen molar-refractivity contribution in [3.8, 4) is 11.8 Å². The Hall–Kier alpha value is -2.02. The third-order valence-electron chi connectivity index (χ3n) is 3.74. The van der Waals surface area contributed by atoms with Crippen molar-refractivity contribution in [3.63, 3.8) is 0 Å². The quantitative estimate of drug-likeness (QED) is 0.847. The van der Waals surface area contributed by atoms with Gasteiger partial charge < -0.3 is 10.0 Å². The number of hydrogen-bond acceptors (Lipinski definition) is 3. The summed E-state index contributed by atoms with van der Waals surface area (Å²) in [5.74, 6) is -0.219. The predicted molar refractivity (Wildman–Crippen MR) is 71.7 cm³/mol. The van der Waals surface area contributed by atoms with Crippen LogP contribution in [0.5, 0.6) is 5.75 Å². The van der Waals surface area contributed by atoms with Gasteiger partial charge in [0.15, 0.2) is 0 Å². The zero-order valence-corrected chi connectivity index (χ0v) is 11.1. The number of carbonyl (C=O) groups excluding carboxylic acids is 1. The number of hydrogen-bond donors (Lipinski definition) is 1. The predicted octanol–water partition coefficient (Wildman–Crippen LogP) is 2.61. The molecular weight excluding hydrogens is 240 g/mol. The molecule has 0 aromatic heterocycles. The van der Waals surface area contributed by atoms with Crippen LogP contribution in [-0.2, 0) is 0 Å². The monoisotopic (exact) mass is 258 g/mol. The summed E-state index contributed by atoms with van der Waals surface area (Å²) in [5.41, 5.74) is 0.969. The Bertz CT molecular complexity index is 513. The molecule has 2 rings (SSSR count). The zero-order valence-electron chi connectivity index (χ0n) is 11.1. The minimum Gasteiger partial charge on any atom is -0.507 e. The van der Waals surface area contributed by atoms with Crippen LogP contribution < -0.4 is 0 Å². The van der Waals surface area contributed by atoms with Gasteiger partial charge in [-0.25, -0.2) is 0 Å². The van der Waals surface area contributed by atoms with Crippen molar-refractivity contribution < 1.29 is 9.90 Å². The number of phenolic OH excluding ortho intramolecular Hbond substituents is 1. The van der Waals surface area contributed by atoms with E-state index in [4.69, 9.17) is 5.26 Å². The summed E-state index contributed by atoms with van der Waals surface area (Å²) in [6, 6.07) is 7.31. The number of aromatic hydroxyl groups is 1. The maximum absolute atomic E-state index is 12.5. The lowest BCUT2D eigenvalue weighted by molar-refractivity contribution is 0.0706. The Morgan fingerprint density at radius 2 is 2.16 bits per heavy atom. The molecule has 0 radical (unpaired) electrons. The van der Waals surface area contributed by atoms with Crippen molar-refractivity contribution in [3.05, 3.63) is 29.3 Å². The molecule has 0 heterocycles. The van der Waals surface area contributed by atoms with Crippen molar-refractivity contribution in [2.24, 2.45) is 0 Å². The summed E-state index contributed by atoms with van der Waals surface area (Å²) in [7, 11) is 0. The van der Waals surface area contributed by atoms with Gasteiger partial charge in [-0.1, -0.05) is 25.0 Å². The molecule has 0 saturated heterocycles. The Morgan fingerprint density at radius 1 is 1.47 bits per heavy atom. The molecule has 0 spiro atoms. The Balaban J connectivity index is 2.28. The molecule has 1 saturated carbocycles. The third-order valence-corrected chi connectivity index (χ3v) is 3.74. The summed E-state index contributed by atoms with van der Waals surface area (Å²) in [6.45, 7) is 1.84. The highest BCUT2D eigenvalue weighted by Gasteiger charge is 2.28. The second kappa shape index (κ2) is 5.75. The standard InChI is InChI=1S/C15H18N2O2/c1-11-5-4-8-13(14(11)18)15(19)17(10-9-16)12-6-2-3-7-12/h4-5,8,12,18H,2-3,6-7,10H2,1H3. The number of aryl methyl sites for hydroxylation is 1. The van der Waals surface area contributed by atoms with Gasteiger partial charge in [-0.3, -0.25) is 4.79 Å². The molecule has 0 bridgehead atoms. The number of amides is 1.